The molecule has 0 radical (unpaired) electrons. The highest BCUT2D eigenvalue weighted by atomic mass is 16.5. The molecule has 1 amide bonds. The second-order valence-electron chi connectivity index (χ2n) is 4.57. The number of anilines is 1. The Morgan fingerprint density at radius 3 is 2.94 bits per heavy atom. The standard InChI is InChI=1S/C12H18N2O3/c1-4-9-8(2)14-17-10(9)13-11(15)12(3)6-5-7-16-12/h4-7H2,1-3H3,(H,13,15). The Kier molecular flexibility index (Phi) is 3.19. The number of aromatic nitrogens is 1. The number of carbonyl (C=O) groups is 1. The van der Waals surface area contributed by atoms with Gasteiger partial charge in [-0.25, -0.2) is 0 Å². The van der Waals surface area contributed by atoms with E-state index in [1.807, 2.05) is 20.8 Å². The Balaban J connectivity index is 2.12. The summed E-state index contributed by atoms with van der Waals surface area (Å²) in [5, 5.41) is 6.63. The number of rotatable bonds is 3. The van der Waals surface area contributed by atoms with E-state index in [2.05, 4.69) is 10.5 Å². The molecule has 0 bridgehead atoms. The highest BCUT2D eigenvalue weighted by Gasteiger charge is 2.38. The molecule has 1 saturated heterocycles. The first kappa shape index (κ1) is 12.1. The highest BCUT2D eigenvalue weighted by molar-refractivity contribution is 5.96. The molecule has 1 aromatic rings. The predicted octanol–water partition coefficient (Wildman–Crippen LogP) is 2.05. The zero-order valence-electron chi connectivity index (χ0n) is 10.5. The average Bonchev–Trinajstić information content (AvgIpc) is 2.87. The Morgan fingerprint density at radius 1 is 1.59 bits per heavy atom. The molecule has 1 aromatic heterocycles. The Morgan fingerprint density at radius 2 is 2.35 bits per heavy atom. The van der Waals surface area contributed by atoms with Crippen molar-refractivity contribution in [3.63, 3.8) is 0 Å². The maximum absolute atomic E-state index is 12.1. The summed E-state index contributed by atoms with van der Waals surface area (Å²) in [6.45, 7) is 6.32. The van der Waals surface area contributed by atoms with Crippen molar-refractivity contribution in [2.75, 3.05) is 11.9 Å². The molecule has 1 atom stereocenters. The Labute approximate surface area is 101 Å². The van der Waals surface area contributed by atoms with E-state index in [0.717, 1.165) is 30.5 Å². The molecule has 1 N–H and O–H groups in total. The fourth-order valence-electron chi connectivity index (χ4n) is 2.10. The van der Waals surface area contributed by atoms with E-state index in [1.54, 1.807) is 0 Å². The lowest BCUT2D eigenvalue weighted by Crippen LogP contribution is -2.39. The zero-order valence-corrected chi connectivity index (χ0v) is 10.5. The van der Waals surface area contributed by atoms with Crippen molar-refractivity contribution in [1.82, 2.24) is 5.16 Å². The number of nitrogens with one attached hydrogen (secondary N) is 1. The van der Waals surface area contributed by atoms with E-state index in [4.69, 9.17) is 9.26 Å². The number of hydrogen-bond acceptors (Lipinski definition) is 4. The van der Waals surface area contributed by atoms with E-state index in [9.17, 15) is 4.79 Å². The highest BCUT2D eigenvalue weighted by Crippen LogP contribution is 2.28. The smallest absolute Gasteiger partial charge is 0.258 e. The molecule has 1 unspecified atom stereocenters. The lowest BCUT2D eigenvalue weighted by atomic mass is 10.0. The summed E-state index contributed by atoms with van der Waals surface area (Å²) < 4.78 is 10.6. The Bertz CT molecular complexity index is 419. The SMILES string of the molecule is CCc1c(C)noc1NC(=O)C1(C)CCCO1. The number of amides is 1. The maximum atomic E-state index is 12.1. The first-order valence-electron chi connectivity index (χ1n) is 5.97. The summed E-state index contributed by atoms with van der Waals surface area (Å²) in [5.74, 6) is 0.299. The fraction of sp³-hybridized carbons (Fsp3) is 0.667. The van der Waals surface area contributed by atoms with Crippen LogP contribution in [0.1, 0.15) is 37.9 Å². The first-order valence-corrected chi connectivity index (χ1v) is 5.97. The van der Waals surface area contributed by atoms with Crippen LogP contribution >= 0.6 is 0 Å². The molecule has 94 valence electrons. The van der Waals surface area contributed by atoms with Crippen LogP contribution in [0.25, 0.3) is 0 Å². The molecule has 2 rings (SSSR count). The molecule has 1 aliphatic rings. The third-order valence-electron chi connectivity index (χ3n) is 3.26. The van der Waals surface area contributed by atoms with Crippen LogP contribution in [0.2, 0.25) is 0 Å². The van der Waals surface area contributed by atoms with Crippen LogP contribution in [0.4, 0.5) is 5.88 Å². The Hall–Kier alpha value is -1.36. The minimum absolute atomic E-state index is 0.152. The third-order valence-corrected chi connectivity index (χ3v) is 3.26. The molecule has 2 heterocycles. The van der Waals surface area contributed by atoms with Crippen LogP contribution in [0.3, 0.4) is 0 Å². The van der Waals surface area contributed by atoms with Gasteiger partial charge in [0.2, 0.25) is 5.88 Å². The van der Waals surface area contributed by atoms with Gasteiger partial charge >= 0.3 is 0 Å². The average molecular weight is 238 g/mol. The number of carbonyl (C=O) groups excluding carboxylic acids is 1. The first-order chi connectivity index (χ1) is 8.07. The van der Waals surface area contributed by atoms with Gasteiger partial charge in [0.1, 0.15) is 5.60 Å². The van der Waals surface area contributed by atoms with E-state index >= 15 is 0 Å². The predicted molar refractivity (Wildman–Crippen MR) is 62.8 cm³/mol. The molecular weight excluding hydrogens is 220 g/mol. The van der Waals surface area contributed by atoms with Crippen LogP contribution in [0, 0.1) is 6.92 Å². The molecule has 0 saturated carbocycles. The molecule has 0 aliphatic carbocycles. The number of ether oxygens (including phenoxy) is 1. The molecule has 5 heteroatoms. The topological polar surface area (TPSA) is 64.4 Å². The number of aryl methyl sites for hydroxylation is 1. The van der Waals surface area contributed by atoms with Gasteiger partial charge in [0.15, 0.2) is 0 Å². The van der Waals surface area contributed by atoms with Crippen LogP contribution in [-0.4, -0.2) is 23.3 Å². The van der Waals surface area contributed by atoms with Gasteiger partial charge < -0.3 is 9.26 Å². The largest absolute Gasteiger partial charge is 0.365 e. The van der Waals surface area contributed by atoms with Crippen molar-refractivity contribution < 1.29 is 14.1 Å². The molecule has 0 spiro atoms. The summed E-state index contributed by atoms with van der Waals surface area (Å²) >= 11 is 0. The van der Waals surface area contributed by atoms with Gasteiger partial charge in [-0.3, -0.25) is 10.1 Å². The fourth-order valence-corrected chi connectivity index (χ4v) is 2.10. The van der Waals surface area contributed by atoms with E-state index in [0.29, 0.717) is 12.5 Å². The monoisotopic (exact) mass is 238 g/mol. The zero-order chi connectivity index (χ0) is 12.5. The van der Waals surface area contributed by atoms with Gasteiger partial charge in [0.05, 0.1) is 5.69 Å². The minimum atomic E-state index is -0.730. The summed E-state index contributed by atoms with van der Waals surface area (Å²) in [5.41, 5.74) is 1.03. The maximum Gasteiger partial charge on any atom is 0.258 e. The number of nitrogens with zero attached hydrogens (tertiary/aromatic N) is 1. The third kappa shape index (κ3) is 2.20. The number of hydrogen-bond donors (Lipinski definition) is 1. The van der Waals surface area contributed by atoms with Crippen molar-refractivity contribution in [3.05, 3.63) is 11.3 Å². The molecule has 1 fully saturated rings. The van der Waals surface area contributed by atoms with Gasteiger partial charge in [-0.15, -0.1) is 0 Å². The molecule has 1 aliphatic heterocycles. The minimum Gasteiger partial charge on any atom is -0.365 e. The van der Waals surface area contributed by atoms with Crippen LogP contribution in [0.15, 0.2) is 4.52 Å². The van der Waals surface area contributed by atoms with Crippen molar-refractivity contribution in [2.45, 2.75) is 45.6 Å². The normalized spacial score (nSPS) is 23.9. The van der Waals surface area contributed by atoms with E-state index in [1.165, 1.54) is 0 Å². The van der Waals surface area contributed by atoms with E-state index < -0.39 is 5.60 Å². The quantitative estimate of drug-likeness (QED) is 0.875. The van der Waals surface area contributed by atoms with Crippen LogP contribution < -0.4 is 5.32 Å². The lowest BCUT2D eigenvalue weighted by Gasteiger charge is -2.21. The van der Waals surface area contributed by atoms with Crippen molar-refractivity contribution in [1.29, 1.82) is 0 Å². The molecular formula is C12H18N2O3. The lowest BCUT2D eigenvalue weighted by molar-refractivity contribution is -0.133. The summed E-state index contributed by atoms with van der Waals surface area (Å²) in [7, 11) is 0. The van der Waals surface area contributed by atoms with Crippen molar-refractivity contribution in [2.24, 2.45) is 0 Å². The van der Waals surface area contributed by atoms with Crippen LogP contribution in [-0.2, 0) is 16.0 Å². The summed E-state index contributed by atoms with van der Waals surface area (Å²) in [6.07, 6.45) is 2.44. The van der Waals surface area contributed by atoms with E-state index in [-0.39, 0.29) is 5.91 Å². The van der Waals surface area contributed by atoms with Gasteiger partial charge in [-0.1, -0.05) is 12.1 Å². The molecule has 5 nitrogen and oxygen atoms in total. The van der Waals surface area contributed by atoms with Crippen molar-refractivity contribution in [3.8, 4) is 0 Å². The second-order valence-corrected chi connectivity index (χ2v) is 4.57. The van der Waals surface area contributed by atoms with Gasteiger partial charge in [-0.2, -0.15) is 0 Å². The molecule has 17 heavy (non-hydrogen) atoms. The van der Waals surface area contributed by atoms with Gasteiger partial charge in [0, 0.05) is 12.2 Å². The summed E-state index contributed by atoms with van der Waals surface area (Å²) in [4.78, 5) is 12.1. The van der Waals surface area contributed by atoms with Gasteiger partial charge in [0.25, 0.3) is 5.91 Å². The van der Waals surface area contributed by atoms with Crippen LogP contribution in [0.5, 0.6) is 0 Å². The van der Waals surface area contributed by atoms with Crippen molar-refractivity contribution >= 4 is 11.8 Å². The summed E-state index contributed by atoms with van der Waals surface area (Å²) in [6, 6.07) is 0. The second kappa shape index (κ2) is 4.49. The van der Waals surface area contributed by atoms with Gasteiger partial charge in [-0.05, 0) is 33.1 Å². The molecule has 0 aromatic carbocycles.